The van der Waals surface area contributed by atoms with E-state index < -0.39 is 17.5 Å². The van der Waals surface area contributed by atoms with Crippen LogP contribution in [0, 0.1) is 0 Å². The molecule has 0 radical (unpaired) electrons. The first kappa shape index (κ1) is 19.9. The Morgan fingerprint density at radius 2 is 1.69 bits per heavy atom. The van der Waals surface area contributed by atoms with Gasteiger partial charge in [0.1, 0.15) is 28.4 Å². The number of carbonyl (C=O) groups is 2. The topological polar surface area (TPSA) is 118 Å². The third kappa shape index (κ3) is 5.13. The molecule has 0 fully saturated rings. The average molecular weight is 397 g/mol. The first-order valence-electron chi connectivity index (χ1n) is 8.81. The molecule has 1 aromatic heterocycles. The number of amides is 1. The molecule has 0 aliphatic carbocycles. The van der Waals surface area contributed by atoms with Crippen molar-refractivity contribution in [1.82, 2.24) is 0 Å². The highest BCUT2D eigenvalue weighted by Crippen LogP contribution is 2.21. The lowest BCUT2D eigenvalue weighted by Crippen LogP contribution is -2.20. The van der Waals surface area contributed by atoms with Crippen molar-refractivity contribution in [1.29, 1.82) is 0 Å². The molecule has 29 heavy (non-hydrogen) atoms. The van der Waals surface area contributed by atoms with Gasteiger partial charge in [0.05, 0.1) is 13.7 Å². The molecule has 0 aliphatic rings. The number of primary amides is 1. The number of esters is 1. The molecule has 0 spiro atoms. The van der Waals surface area contributed by atoms with Crippen molar-refractivity contribution in [2.24, 2.45) is 5.73 Å². The fourth-order valence-corrected chi connectivity index (χ4v) is 2.59. The molecule has 0 saturated carbocycles. The summed E-state index contributed by atoms with van der Waals surface area (Å²) in [5.41, 5.74) is 4.23. The van der Waals surface area contributed by atoms with Gasteiger partial charge in [-0.2, -0.15) is 0 Å². The highest BCUT2D eigenvalue weighted by atomic mass is 16.5. The van der Waals surface area contributed by atoms with Crippen LogP contribution in [0.5, 0.6) is 17.2 Å². The molecule has 3 aromatic rings. The molecular formula is C21H19NO7. The number of ether oxygens (including phenoxy) is 3. The van der Waals surface area contributed by atoms with Crippen LogP contribution in [0.25, 0.3) is 11.0 Å². The maximum atomic E-state index is 12.0. The van der Waals surface area contributed by atoms with Crippen molar-refractivity contribution >= 4 is 22.8 Å². The van der Waals surface area contributed by atoms with E-state index in [2.05, 4.69) is 0 Å². The van der Waals surface area contributed by atoms with Gasteiger partial charge in [0.15, 0.2) is 0 Å². The van der Waals surface area contributed by atoms with Gasteiger partial charge in [0, 0.05) is 17.9 Å². The number of fused-ring (bicyclic) bond motifs is 1. The Morgan fingerprint density at radius 3 is 2.38 bits per heavy atom. The number of methoxy groups -OCH3 is 1. The van der Waals surface area contributed by atoms with Crippen LogP contribution in [0.1, 0.15) is 23.2 Å². The summed E-state index contributed by atoms with van der Waals surface area (Å²) in [6, 6.07) is 13.0. The molecule has 1 heterocycles. The maximum Gasteiger partial charge on any atom is 0.349 e. The molecule has 0 bridgehead atoms. The fraction of sp³-hybridized carbons (Fsp3) is 0.190. The van der Waals surface area contributed by atoms with Gasteiger partial charge in [-0.15, -0.1) is 0 Å². The molecular weight excluding hydrogens is 378 g/mol. The van der Waals surface area contributed by atoms with E-state index in [0.717, 1.165) is 5.75 Å². The quantitative estimate of drug-likeness (QED) is 0.269. The van der Waals surface area contributed by atoms with Crippen LogP contribution in [0.15, 0.2) is 57.7 Å². The van der Waals surface area contributed by atoms with E-state index in [1.54, 1.807) is 43.5 Å². The highest BCUT2D eigenvalue weighted by Gasteiger charge is 2.12. The lowest BCUT2D eigenvalue weighted by Gasteiger charge is -2.08. The summed E-state index contributed by atoms with van der Waals surface area (Å²) in [5.74, 6) is 0.331. The van der Waals surface area contributed by atoms with E-state index in [1.807, 2.05) is 0 Å². The molecule has 8 heteroatoms. The minimum Gasteiger partial charge on any atom is -0.497 e. The molecule has 2 N–H and O–H groups in total. The van der Waals surface area contributed by atoms with Crippen LogP contribution < -0.4 is 25.6 Å². The van der Waals surface area contributed by atoms with Crippen molar-refractivity contribution in [2.75, 3.05) is 13.7 Å². The molecule has 0 saturated heterocycles. The minimum absolute atomic E-state index is 0.152. The number of hydrogen-bond donors (Lipinski definition) is 1. The van der Waals surface area contributed by atoms with Gasteiger partial charge in [0.2, 0.25) is 0 Å². The van der Waals surface area contributed by atoms with Crippen molar-refractivity contribution in [3.05, 3.63) is 64.5 Å². The Kier molecular flexibility index (Phi) is 6.13. The third-order valence-corrected chi connectivity index (χ3v) is 4.06. The zero-order valence-electron chi connectivity index (χ0n) is 15.7. The zero-order valence-corrected chi connectivity index (χ0v) is 15.7. The van der Waals surface area contributed by atoms with Crippen LogP contribution in [-0.2, 0) is 4.79 Å². The smallest absolute Gasteiger partial charge is 0.349 e. The van der Waals surface area contributed by atoms with E-state index in [0.29, 0.717) is 24.2 Å². The minimum atomic E-state index is -0.868. The van der Waals surface area contributed by atoms with Crippen LogP contribution in [0.3, 0.4) is 0 Å². The first-order valence-corrected chi connectivity index (χ1v) is 8.81. The van der Waals surface area contributed by atoms with E-state index in [1.165, 1.54) is 12.1 Å². The fourth-order valence-electron chi connectivity index (χ4n) is 2.59. The van der Waals surface area contributed by atoms with Gasteiger partial charge < -0.3 is 24.4 Å². The Balaban J connectivity index is 1.53. The van der Waals surface area contributed by atoms with Gasteiger partial charge in [-0.05, 0) is 48.9 Å². The highest BCUT2D eigenvalue weighted by molar-refractivity contribution is 5.95. The lowest BCUT2D eigenvalue weighted by molar-refractivity contribution is -0.134. The number of hydrogen-bond acceptors (Lipinski definition) is 7. The molecule has 150 valence electrons. The van der Waals surface area contributed by atoms with Gasteiger partial charge in [-0.1, -0.05) is 0 Å². The van der Waals surface area contributed by atoms with E-state index in [-0.39, 0.29) is 23.3 Å². The van der Waals surface area contributed by atoms with E-state index >= 15 is 0 Å². The average Bonchev–Trinajstić information content (AvgIpc) is 2.71. The summed E-state index contributed by atoms with van der Waals surface area (Å²) >= 11 is 0. The van der Waals surface area contributed by atoms with Crippen LogP contribution in [0.4, 0.5) is 0 Å². The summed E-state index contributed by atoms with van der Waals surface area (Å²) in [7, 11) is 1.59. The third-order valence-electron chi connectivity index (χ3n) is 4.06. The molecule has 0 atom stereocenters. The monoisotopic (exact) mass is 397 g/mol. The van der Waals surface area contributed by atoms with E-state index in [4.69, 9.17) is 24.4 Å². The van der Waals surface area contributed by atoms with Crippen LogP contribution in [-0.4, -0.2) is 25.6 Å². The van der Waals surface area contributed by atoms with Gasteiger partial charge in [0.25, 0.3) is 5.91 Å². The Hall–Kier alpha value is -3.81. The van der Waals surface area contributed by atoms with Crippen molar-refractivity contribution in [3.8, 4) is 17.2 Å². The molecule has 3 rings (SSSR count). The second kappa shape index (κ2) is 8.92. The number of carbonyl (C=O) groups excluding carboxylic acids is 2. The Morgan fingerprint density at radius 1 is 1.00 bits per heavy atom. The second-order valence-corrected chi connectivity index (χ2v) is 6.11. The summed E-state index contributed by atoms with van der Waals surface area (Å²) in [5, 5.41) is 0.492. The van der Waals surface area contributed by atoms with Crippen LogP contribution >= 0.6 is 0 Å². The van der Waals surface area contributed by atoms with Crippen LogP contribution in [0.2, 0.25) is 0 Å². The second-order valence-electron chi connectivity index (χ2n) is 6.11. The van der Waals surface area contributed by atoms with Crippen molar-refractivity contribution in [2.45, 2.75) is 12.8 Å². The summed E-state index contributed by atoms with van der Waals surface area (Å²) in [6.07, 6.45) is 0.619. The molecule has 1 amide bonds. The van der Waals surface area contributed by atoms with Gasteiger partial charge >= 0.3 is 11.6 Å². The van der Waals surface area contributed by atoms with Gasteiger partial charge in [-0.25, -0.2) is 4.79 Å². The zero-order chi connectivity index (χ0) is 20.8. The molecule has 8 nitrogen and oxygen atoms in total. The van der Waals surface area contributed by atoms with Crippen molar-refractivity contribution < 1.29 is 28.2 Å². The summed E-state index contributed by atoms with van der Waals surface area (Å²) in [4.78, 5) is 34.9. The molecule has 2 aromatic carbocycles. The van der Waals surface area contributed by atoms with Gasteiger partial charge in [-0.3, -0.25) is 9.59 Å². The normalized spacial score (nSPS) is 10.5. The maximum absolute atomic E-state index is 12.0. The summed E-state index contributed by atoms with van der Waals surface area (Å²) in [6.45, 7) is 0.351. The van der Waals surface area contributed by atoms with Crippen molar-refractivity contribution in [3.63, 3.8) is 0 Å². The van der Waals surface area contributed by atoms with E-state index in [9.17, 15) is 14.4 Å². The standard InChI is InChI=1S/C21H19NO7/c1-26-14-6-8-15(9-7-14)27-10-2-3-19(23)28-16-5-4-13-11-17(20(22)24)21(25)29-18(13)12-16/h4-9,11-12H,2-3,10H2,1H3,(H2,22,24). The predicted molar refractivity (Wildman–Crippen MR) is 104 cm³/mol. The number of rotatable bonds is 8. The Labute approximate surface area is 165 Å². The SMILES string of the molecule is COc1ccc(OCCCC(=O)Oc2ccc3cc(C(N)=O)c(=O)oc3c2)cc1. The largest absolute Gasteiger partial charge is 0.497 e. The molecule has 0 unspecified atom stereocenters. The Bertz CT molecular complexity index is 1090. The number of benzene rings is 2. The first-order chi connectivity index (χ1) is 14.0. The number of nitrogens with two attached hydrogens (primary N) is 1. The molecule has 0 aliphatic heterocycles. The summed E-state index contributed by atoms with van der Waals surface area (Å²) < 4.78 is 20.9. The predicted octanol–water partition coefficient (Wildman–Crippen LogP) is 2.67. The lowest BCUT2D eigenvalue weighted by atomic mass is 10.2.